The first kappa shape index (κ1) is 12.5. The Morgan fingerprint density at radius 3 is 2.82 bits per heavy atom. The molecule has 0 saturated carbocycles. The number of hydrogen-bond acceptors (Lipinski definition) is 6. The van der Waals surface area contributed by atoms with Crippen LogP contribution in [0.3, 0.4) is 0 Å². The Bertz CT molecular complexity index is 376. The summed E-state index contributed by atoms with van der Waals surface area (Å²) in [6.07, 6.45) is 0.774. The summed E-state index contributed by atoms with van der Waals surface area (Å²) in [6, 6.07) is -0.0706. The van der Waals surface area contributed by atoms with E-state index >= 15 is 0 Å². The third-order valence-electron chi connectivity index (χ3n) is 3.48. The molecule has 1 saturated heterocycles. The van der Waals surface area contributed by atoms with E-state index in [2.05, 4.69) is 10.1 Å². The van der Waals surface area contributed by atoms with E-state index in [9.17, 15) is 0 Å². The monoisotopic (exact) mass is 241 g/mol. The van der Waals surface area contributed by atoms with Crippen molar-refractivity contribution in [2.75, 3.05) is 20.3 Å². The van der Waals surface area contributed by atoms with Crippen molar-refractivity contribution in [3.8, 4) is 0 Å². The SMILES string of the molecule is CCC(C)(OC)c1noc(C2COCC2N)n1. The van der Waals surface area contributed by atoms with Gasteiger partial charge in [-0.1, -0.05) is 12.1 Å². The van der Waals surface area contributed by atoms with Gasteiger partial charge in [-0.05, 0) is 13.3 Å². The molecule has 0 amide bonds. The van der Waals surface area contributed by atoms with Gasteiger partial charge in [-0.25, -0.2) is 0 Å². The van der Waals surface area contributed by atoms with Crippen LogP contribution in [-0.4, -0.2) is 36.5 Å². The fourth-order valence-electron chi connectivity index (χ4n) is 1.82. The van der Waals surface area contributed by atoms with Gasteiger partial charge in [-0.15, -0.1) is 0 Å². The van der Waals surface area contributed by atoms with Crippen LogP contribution in [0.4, 0.5) is 0 Å². The average Bonchev–Trinajstić information content (AvgIpc) is 2.96. The molecule has 1 aromatic heterocycles. The van der Waals surface area contributed by atoms with Gasteiger partial charge in [0.05, 0.1) is 19.1 Å². The maximum Gasteiger partial charge on any atom is 0.233 e. The fraction of sp³-hybridized carbons (Fsp3) is 0.818. The summed E-state index contributed by atoms with van der Waals surface area (Å²) in [7, 11) is 1.64. The van der Waals surface area contributed by atoms with Crippen LogP contribution < -0.4 is 5.73 Å². The van der Waals surface area contributed by atoms with E-state index < -0.39 is 5.60 Å². The van der Waals surface area contributed by atoms with Gasteiger partial charge in [0.15, 0.2) is 0 Å². The summed E-state index contributed by atoms with van der Waals surface area (Å²) < 4.78 is 16.0. The van der Waals surface area contributed by atoms with E-state index in [0.29, 0.717) is 24.9 Å². The van der Waals surface area contributed by atoms with Crippen LogP contribution in [0.1, 0.15) is 37.9 Å². The molecule has 1 aliphatic rings. The van der Waals surface area contributed by atoms with Gasteiger partial charge in [0.2, 0.25) is 11.7 Å². The quantitative estimate of drug-likeness (QED) is 0.838. The lowest BCUT2D eigenvalue weighted by Gasteiger charge is -2.21. The summed E-state index contributed by atoms with van der Waals surface area (Å²) in [5.74, 6) is 1.10. The van der Waals surface area contributed by atoms with Crippen LogP contribution in [0.15, 0.2) is 4.52 Å². The van der Waals surface area contributed by atoms with Crippen LogP contribution in [0.2, 0.25) is 0 Å². The predicted molar refractivity (Wildman–Crippen MR) is 60.5 cm³/mol. The van der Waals surface area contributed by atoms with Crippen LogP contribution >= 0.6 is 0 Å². The molecule has 96 valence electrons. The molecule has 0 bridgehead atoms. The summed E-state index contributed by atoms with van der Waals surface area (Å²) in [4.78, 5) is 4.39. The maximum atomic E-state index is 5.91. The second kappa shape index (κ2) is 4.72. The summed E-state index contributed by atoms with van der Waals surface area (Å²) in [6.45, 7) is 5.03. The minimum absolute atomic E-state index is 0.00536. The predicted octanol–water partition coefficient (Wildman–Crippen LogP) is 0.782. The van der Waals surface area contributed by atoms with E-state index in [4.69, 9.17) is 19.7 Å². The molecule has 0 spiro atoms. The van der Waals surface area contributed by atoms with E-state index in [1.807, 2.05) is 13.8 Å². The molecule has 3 unspecified atom stereocenters. The number of rotatable bonds is 4. The third kappa shape index (κ3) is 2.20. The normalized spacial score (nSPS) is 28.2. The highest BCUT2D eigenvalue weighted by Gasteiger charge is 2.35. The average molecular weight is 241 g/mol. The van der Waals surface area contributed by atoms with Gasteiger partial charge in [-0.3, -0.25) is 0 Å². The van der Waals surface area contributed by atoms with Crippen molar-refractivity contribution in [3.63, 3.8) is 0 Å². The van der Waals surface area contributed by atoms with Crippen molar-refractivity contribution in [1.82, 2.24) is 10.1 Å². The Kier molecular flexibility index (Phi) is 3.46. The van der Waals surface area contributed by atoms with Crippen LogP contribution in [0.25, 0.3) is 0 Å². The number of methoxy groups -OCH3 is 1. The standard InChI is InChI=1S/C11H19N3O3/c1-4-11(2,15-3)10-13-9(17-14-10)7-5-16-6-8(7)12/h7-8H,4-6,12H2,1-3H3. The smallest absolute Gasteiger partial charge is 0.233 e. The summed E-state index contributed by atoms with van der Waals surface area (Å²) in [5, 5.41) is 3.99. The summed E-state index contributed by atoms with van der Waals surface area (Å²) >= 11 is 0. The van der Waals surface area contributed by atoms with E-state index in [1.54, 1.807) is 7.11 Å². The molecule has 6 nitrogen and oxygen atoms in total. The van der Waals surface area contributed by atoms with Crippen molar-refractivity contribution in [2.45, 2.75) is 37.8 Å². The molecule has 0 aromatic carbocycles. The molecule has 1 aromatic rings. The molecule has 0 radical (unpaired) electrons. The molecule has 6 heteroatoms. The largest absolute Gasteiger partial charge is 0.379 e. The van der Waals surface area contributed by atoms with Crippen molar-refractivity contribution in [3.05, 3.63) is 11.7 Å². The molecular formula is C11H19N3O3. The highest BCUT2D eigenvalue weighted by atomic mass is 16.5. The van der Waals surface area contributed by atoms with Crippen LogP contribution in [0.5, 0.6) is 0 Å². The highest BCUT2D eigenvalue weighted by molar-refractivity contribution is 5.05. The van der Waals surface area contributed by atoms with Gasteiger partial charge in [0, 0.05) is 13.2 Å². The Morgan fingerprint density at radius 2 is 2.29 bits per heavy atom. The molecule has 3 atom stereocenters. The Morgan fingerprint density at radius 1 is 1.53 bits per heavy atom. The van der Waals surface area contributed by atoms with Crippen LogP contribution in [0, 0.1) is 0 Å². The number of ether oxygens (including phenoxy) is 2. The zero-order valence-electron chi connectivity index (χ0n) is 10.5. The molecule has 1 aliphatic heterocycles. The molecular weight excluding hydrogens is 222 g/mol. The molecule has 0 aliphatic carbocycles. The van der Waals surface area contributed by atoms with Crippen LogP contribution in [-0.2, 0) is 15.1 Å². The Balaban J connectivity index is 2.21. The summed E-state index contributed by atoms with van der Waals surface area (Å²) in [5.41, 5.74) is 5.40. The number of hydrogen-bond donors (Lipinski definition) is 1. The van der Waals surface area contributed by atoms with Crippen molar-refractivity contribution < 1.29 is 14.0 Å². The van der Waals surface area contributed by atoms with Gasteiger partial charge >= 0.3 is 0 Å². The van der Waals surface area contributed by atoms with Gasteiger partial charge < -0.3 is 19.7 Å². The molecule has 1 fully saturated rings. The number of nitrogens with two attached hydrogens (primary N) is 1. The van der Waals surface area contributed by atoms with Crippen molar-refractivity contribution in [1.29, 1.82) is 0 Å². The topological polar surface area (TPSA) is 83.4 Å². The second-order valence-corrected chi connectivity index (χ2v) is 4.55. The zero-order valence-corrected chi connectivity index (χ0v) is 10.5. The van der Waals surface area contributed by atoms with Crippen molar-refractivity contribution in [2.24, 2.45) is 5.73 Å². The first-order valence-electron chi connectivity index (χ1n) is 5.83. The molecule has 2 heterocycles. The van der Waals surface area contributed by atoms with E-state index in [-0.39, 0.29) is 12.0 Å². The van der Waals surface area contributed by atoms with Gasteiger partial charge in [0.25, 0.3) is 0 Å². The third-order valence-corrected chi connectivity index (χ3v) is 3.48. The lowest BCUT2D eigenvalue weighted by Crippen LogP contribution is -2.28. The molecule has 2 N–H and O–H groups in total. The number of nitrogens with zero attached hydrogens (tertiary/aromatic N) is 2. The fourth-order valence-corrected chi connectivity index (χ4v) is 1.82. The molecule has 2 rings (SSSR count). The minimum Gasteiger partial charge on any atom is -0.379 e. The maximum absolute atomic E-state index is 5.91. The Labute approximate surface area is 100 Å². The van der Waals surface area contributed by atoms with E-state index in [1.165, 1.54) is 0 Å². The lowest BCUT2D eigenvalue weighted by molar-refractivity contribution is -0.0106. The van der Waals surface area contributed by atoms with Gasteiger partial charge in [0.1, 0.15) is 5.60 Å². The van der Waals surface area contributed by atoms with E-state index in [0.717, 1.165) is 6.42 Å². The first-order chi connectivity index (χ1) is 8.10. The number of aromatic nitrogens is 2. The first-order valence-corrected chi connectivity index (χ1v) is 5.83. The van der Waals surface area contributed by atoms with Crippen molar-refractivity contribution >= 4 is 0 Å². The highest BCUT2D eigenvalue weighted by Crippen LogP contribution is 2.29. The second-order valence-electron chi connectivity index (χ2n) is 4.55. The van der Waals surface area contributed by atoms with Gasteiger partial charge in [-0.2, -0.15) is 4.98 Å². The lowest BCUT2D eigenvalue weighted by atomic mass is 10.0. The zero-order chi connectivity index (χ0) is 12.5. The molecule has 17 heavy (non-hydrogen) atoms. The minimum atomic E-state index is -0.509. The Hall–Kier alpha value is -0.980.